The number of aromatic hydroxyl groups is 1. The van der Waals surface area contributed by atoms with Crippen LogP contribution in [0.15, 0.2) is 29.1 Å². The van der Waals surface area contributed by atoms with Crippen molar-refractivity contribution in [3.8, 4) is 22.8 Å². The summed E-state index contributed by atoms with van der Waals surface area (Å²) >= 11 is 1.54. The second-order valence-corrected chi connectivity index (χ2v) is 3.48. The maximum absolute atomic E-state index is 9.39. The van der Waals surface area contributed by atoms with Crippen LogP contribution in [0.2, 0.25) is 0 Å². The van der Waals surface area contributed by atoms with Crippen molar-refractivity contribution < 1.29 is 9.84 Å². The first-order valence-corrected chi connectivity index (χ1v) is 5.01. The number of phenols is 1. The molecule has 0 spiro atoms. The largest absolute Gasteiger partial charge is 0.504 e. The fraction of sp³-hybridized carbons (Fsp3) is 0.100. The first-order chi connectivity index (χ1) is 6.81. The topological polar surface area (TPSA) is 42.4 Å². The number of hydrogen-bond donors (Lipinski definition) is 1. The first-order valence-electron chi connectivity index (χ1n) is 4.07. The average Bonchev–Trinajstić information content (AvgIpc) is 2.71. The molecule has 0 amide bonds. The van der Waals surface area contributed by atoms with Crippen LogP contribution in [0, 0.1) is 0 Å². The number of methoxy groups -OCH3 is 1. The third-order valence-corrected chi connectivity index (χ3v) is 2.49. The van der Waals surface area contributed by atoms with Crippen LogP contribution in [0.5, 0.6) is 11.5 Å². The van der Waals surface area contributed by atoms with E-state index in [1.807, 2.05) is 11.4 Å². The standard InChI is InChI=1S/C10H9NO2S/c1-13-10-4-7(2-3-9(10)12)8-5-14-6-11-8/h2-6,12H,1H3. The molecule has 14 heavy (non-hydrogen) atoms. The van der Waals surface area contributed by atoms with Gasteiger partial charge in [-0.3, -0.25) is 0 Å². The van der Waals surface area contributed by atoms with Gasteiger partial charge < -0.3 is 9.84 Å². The van der Waals surface area contributed by atoms with E-state index in [-0.39, 0.29) is 5.75 Å². The predicted molar refractivity (Wildman–Crippen MR) is 55.8 cm³/mol. The van der Waals surface area contributed by atoms with Gasteiger partial charge in [0.25, 0.3) is 0 Å². The summed E-state index contributed by atoms with van der Waals surface area (Å²) in [4.78, 5) is 4.17. The summed E-state index contributed by atoms with van der Waals surface area (Å²) in [5, 5.41) is 11.3. The van der Waals surface area contributed by atoms with E-state index in [0.717, 1.165) is 11.3 Å². The van der Waals surface area contributed by atoms with Crippen molar-refractivity contribution in [1.29, 1.82) is 0 Å². The SMILES string of the molecule is COc1cc(-c2cscn2)ccc1O. The Balaban J connectivity index is 2.46. The van der Waals surface area contributed by atoms with E-state index in [1.54, 1.807) is 17.6 Å². The highest BCUT2D eigenvalue weighted by atomic mass is 32.1. The van der Waals surface area contributed by atoms with Crippen LogP contribution in [0.3, 0.4) is 0 Å². The molecule has 0 atom stereocenters. The van der Waals surface area contributed by atoms with Gasteiger partial charge in [0.1, 0.15) is 0 Å². The van der Waals surface area contributed by atoms with E-state index in [2.05, 4.69) is 4.98 Å². The molecule has 1 aromatic carbocycles. The molecule has 0 aliphatic carbocycles. The number of aromatic nitrogens is 1. The molecule has 2 rings (SSSR count). The lowest BCUT2D eigenvalue weighted by Crippen LogP contribution is -1.85. The Kier molecular flexibility index (Phi) is 2.37. The molecule has 2 aromatic rings. The van der Waals surface area contributed by atoms with Crippen molar-refractivity contribution in [3.63, 3.8) is 0 Å². The van der Waals surface area contributed by atoms with E-state index in [1.165, 1.54) is 18.4 Å². The molecule has 0 radical (unpaired) electrons. The third-order valence-electron chi connectivity index (χ3n) is 1.91. The molecule has 3 nitrogen and oxygen atoms in total. The van der Waals surface area contributed by atoms with E-state index >= 15 is 0 Å². The molecular formula is C10H9NO2S. The summed E-state index contributed by atoms with van der Waals surface area (Å²) in [5.74, 6) is 0.613. The minimum Gasteiger partial charge on any atom is -0.504 e. The molecule has 0 aliphatic heterocycles. The molecule has 0 saturated heterocycles. The molecule has 1 N–H and O–H groups in total. The van der Waals surface area contributed by atoms with Gasteiger partial charge in [-0.2, -0.15) is 0 Å². The van der Waals surface area contributed by atoms with Crippen molar-refractivity contribution in [3.05, 3.63) is 29.1 Å². The Morgan fingerprint density at radius 3 is 2.93 bits per heavy atom. The lowest BCUT2D eigenvalue weighted by molar-refractivity contribution is 0.373. The number of nitrogens with zero attached hydrogens (tertiary/aromatic N) is 1. The zero-order valence-corrected chi connectivity index (χ0v) is 8.41. The second-order valence-electron chi connectivity index (χ2n) is 2.76. The fourth-order valence-corrected chi connectivity index (χ4v) is 1.75. The summed E-state index contributed by atoms with van der Waals surface area (Å²) in [6.07, 6.45) is 0. The molecule has 0 unspecified atom stereocenters. The fourth-order valence-electron chi connectivity index (χ4n) is 1.19. The van der Waals surface area contributed by atoms with Gasteiger partial charge in [0, 0.05) is 10.9 Å². The molecule has 0 bridgehead atoms. The number of thiazole rings is 1. The lowest BCUT2D eigenvalue weighted by Gasteiger charge is -2.04. The monoisotopic (exact) mass is 207 g/mol. The molecule has 0 saturated carbocycles. The molecule has 1 aromatic heterocycles. The van der Waals surface area contributed by atoms with Crippen LogP contribution in [-0.2, 0) is 0 Å². The van der Waals surface area contributed by atoms with Gasteiger partial charge in [-0.05, 0) is 18.2 Å². The molecule has 0 fully saturated rings. The zero-order chi connectivity index (χ0) is 9.97. The third kappa shape index (κ3) is 1.56. The van der Waals surface area contributed by atoms with Crippen LogP contribution in [-0.4, -0.2) is 17.2 Å². The highest BCUT2D eigenvalue weighted by molar-refractivity contribution is 7.07. The van der Waals surface area contributed by atoms with Crippen molar-refractivity contribution in [2.45, 2.75) is 0 Å². The first kappa shape index (κ1) is 9.02. The smallest absolute Gasteiger partial charge is 0.161 e. The highest BCUT2D eigenvalue weighted by Gasteiger charge is 2.05. The zero-order valence-electron chi connectivity index (χ0n) is 7.60. The maximum Gasteiger partial charge on any atom is 0.161 e. The summed E-state index contributed by atoms with van der Waals surface area (Å²) in [5.41, 5.74) is 3.61. The predicted octanol–water partition coefficient (Wildman–Crippen LogP) is 2.52. The van der Waals surface area contributed by atoms with Gasteiger partial charge in [-0.1, -0.05) is 0 Å². The van der Waals surface area contributed by atoms with Gasteiger partial charge in [0.15, 0.2) is 11.5 Å². The summed E-state index contributed by atoms with van der Waals surface area (Å²) in [7, 11) is 1.53. The Bertz CT molecular complexity index is 426. The van der Waals surface area contributed by atoms with E-state index in [4.69, 9.17) is 4.74 Å². The number of rotatable bonds is 2. The Morgan fingerprint density at radius 1 is 1.43 bits per heavy atom. The van der Waals surface area contributed by atoms with Crippen molar-refractivity contribution in [2.75, 3.05) is 7.11 Å². The van der Waals surface area contributed by atoms with Gasteiger partial charge >= 0.3 is 0 Å². The van der Waals surface area contributed by atoms with Crippen LogP contribution in [0.4, 0.5) is 0 Å². The van der Waals surface area contributed by atoms with E-state index in [0.29, 0.717) is 5.75 Å². The van der Waals surface area contributed by atoms with Gasteiger partial charge in [0.05, 0.1) is 18.3 Å². The van der Waals surface area contributed by atoms with Crippen molar-refractivity contribution >= 4 is 11.3 Å². The van der Waals surface area contributed by atoms with Crippen LogP contribution in [0.1, 0.15) is 0 Å². The van der Waals surface area contributed by atoms with Crippen molar-refractivity contribution in [1.82, 2.24) is 4.98 Å². The minimum atomic E-state index is 0.145. The Labute approximate surface area is 85.6 Å². The molecule has 0 aliphatic rings. The average molecular weight is 207 g/mol. The normalized spacial score (nSPS) is 10.1. The number of hydrogen-bond acceptors (Lipinski definition) is 4. The van der Waals surface area contributed by atoms with Gasteiger partial charge in [-0.25, -0.2) is 4.98 Å². The molecule has 4 heteroatoms. The number of benzene rings is 1. The molecule has 1 heterocycles. The number of ether oxygens (including phenoxy) is 1. The quantitative estimate of drug-likeness (QED) is 0.822. The van der Waals surface area contributed by atoms with Crippen LogP contribution >= 0.6 is 11.3 Å². The van der Waals surface area contributed by atoms with Gasteiger partial charge in [-0.15, -0.1) is 11.3 Å². The summed E-state index contributed by atoms with van der Waals surface area (Å²) < 4.78 is 5.01. The Hall–Kier alpha value is -1.55. The van der Waals surface area contributed by atoms with E-state index in [9.17, 15) is 5.11 Å². The van der Waals surface area contributed by atoms with Crippen molar-refractivity contribution in [2.24, 2.45) is 0 Å². The Morgan fingerprint density at radius 2 is 2.29 bits per heavy atom. The minimum absolute atomic E-state index is 0.145. The molecular weight excluding hydrogens is 198 g/mol. The highest BCUT2D eigenvalue weighted by Crippen LogP contribution is 2.30. The summed E-state index contributed by atoms with van der Waals surface area (Å²) in [6, 6.07) is 5.19. The maximum atomic E-state index is 9.39. The van der Waals surface area contributed by atoms with Crippen LogP contribution < -0.4 is 4.74 Å². The van der Waals surface area contributed by atoms with Gasteiger partial charge in [0.2, 0.25) is 0 Å². The van der Waals surface area contributed by atoms with Crippen LogP contribution in [0.25, 0.3) is 11.3 Å². The van der Waals surface area contributed by atoms with E-state index < -0.39 is 0 Å². The number of phenolic OH excluding ortho intramolecular Hbond substituents is 1. The second kappa shape index (κ2) is 3.67. The summed E-state index contributed by atoms with van der Waals surface area (Å²) in [6.45, 7) is 0. The molecule has 72 valence electrons. The lowest BCUT2D eigenvalue weighted by atomic mass is 10.1.